The van der Waals surface area contributed by atoms with E-state index in [2.05, 4.69) is 9.80 Å². The van der Waals surface area contributed by atoms with Crippen LogP contribution in [0.2, 0.25) is 0 Å². The second kappa shape index (κ2) is 2.82. The quantitative estimate of drug-likeness (QED) is 0.563. The van der Waals surface area contributed by atoms with Gasteiger partial charge in [0.05, 0.1) is 19.5 Å². The third-order valence-corrected chi connectivity index (χ3v) is 1.43. The highest BCUT2D eigenvalue weighted by atomic mass is 16.5. The first-order valence-corrected chi connectivity index (χ1v) is 3.50. The summed E-state index contributed by atoms with van der Waals surface area (Å²) in [5.74, 6) is 0.963. The van der Waals surface area contributed by atoms with Gasteiger partial charge in [0.1, 0.15) is 0 Å². The average Bonchev–Trinajstić information content (AvgIpc) is 2.13. The van der Waals surface area contributed by atoms with Crippen LogP contribution < -0.4 is 0 Å². The predicted molar refractivity (Wildman–Crippen MR) is 40.1 cm³/mol. The van der Waals surface area contributed by atoms with Crippen LogP contribution in [-0.2, 0) is 4.74 Å². The molecule has 0 amide bonds. The molecule has 0 unspecified atom stereocenters. The van der Waals surface area contributed by atoms with Crippen LogP contribution in [0.5, 0.6) is 0 Å². The second-order valence-corrected chi connectivity index (χ2v) is 2.50. The molecule has 0 bridgehead atoms. The Kier molecular flexibility index (Phi) is 2.04. The van der Waals surface area contributed by atoms with Crippen molar-refractivity contribution in [3.8, 4) is 0 Å². The fraction of sp³-hybridized carbons (Fsp3) is 0.714. The average molecular weight is 142 g/mol. The normalized spacial score (nSPS) is 17.7. The van der Waals surface area contributed by atoms with E-state index in [4.69, 9.17) is 4.74 Å². The van der Waals surface area contributed by atoms with Crippen molar-refractivity contribution in [1.29, 1.82) is 0 Å². The molecule has 0 aromatic rings. The number of nitrogens with zero attached hydrogens (tertiary/aromatic N) is 2. The van der Waals surface area contributed by atoms with Gasteiger partial charge in [-0.2, -0.15) is 0 Å². The standard InChI is InChI=1S/C7H14N2O/c1-4-10-7-5-8(2)6-9(7)3/h5H,4,6H2,1-3H3. The zero-order chi connectivity index (χ0) is 7.56. The minimum Gasteiger partial charge on any atom is -0.478 e. The summed E-state index contributed by atoms with van der Waals surface area (Å²) in [6.45, 7) is 3.66. The number of rotatable bonds is 2. The summed E-state index contributed by atoms with van der Waals surface area (Å²) in [5, 5.41) is 0. The van der Waals surface area contributed by atoms with E-state index in [0.717, 1.165) is 19.2 Å². The molecule has 1 aliphatic rings. The van der Waals surface area contributed by atoms with Crippen molar-refractivity contribution >= 4 is 0 Å². The lowest BCUT2D eigenvalue weighted by molar-refractivity contribution is 0.143. The fourth-order valence-corrected chi connectivity index (χ4v) is 1.03. The van der Waals surface area contributed by atoms with E-state index < -0.39 is 0 Å². The van der Waals surface area contributed by atoms with Gasteiger partial charge in [0.2, 0.25) is 5.88 Å². The highest BCUT2D eigenvalue weighted by Gasteiger charge is 2.14. The maximum Gasteiger partial charge on any atom is 0.207 e. The summed E-state index contributed by atoms with van der Waals surface area (Å²) >= 11 is 0. The Morgan fingerprint density at radius 3 is 2.70 bits per heavy atom. The smallest absolute Gasteiger partial charge is 0.207 e. The highest BCUT2D eigenvalue weighted by Crippen LogP contribution is 2.11. The van der Waals surface area contributed by atoms with Crippen LogP contribution in [0.4, 0.5) is 0 Å². The van der Waals surface area contributed by atoms with E-state index in [9.17, 15) is 0 Å². The molecule has 0 atom stereocenters. The van der Waals surface area contributed by atoms with E-state index in [1.54, 1.807) is 0 Å². The Morgan fingerprint density at radius 2 is 2.30 bits per heavy atom. The lowest BCUT2D eigenvalue weighted by atomic mass is 10.7. The molecule has 0 aromatic heterocycles. The zero-order valence-electron chi connectivity index (χ0n) is 6.79. The number of ether oxygens (including phenoxy) is 1. The van der Waals surface area contributed by atoms with Gasteiger partial charge < -0.3 is 14.5 Å². The monoisotopic (exact) mass is 142 g/mol. The first-order chi connectivity index (χ1) is 4.74. The van der Waals surface area contributed by atoms with Crippen molar-refractivity contribution in [2.45, 2.75) is 6.92 Å². The molecule has 0 radical (unpaired) electrons. The summed E-state index contributed by atoms with van der Waals surface area (Å²) in [7, 11) is 4.05. The summed E-state index contributed by atoms with van der Waals surface area (Å²) in [5.41, 5.74) is 0. The summed E-state index contributed by atoms with van der Waals surface area (Å²) < 4.78 is 5.33. The van der Waals surface area contributed by atoms with Gasteiger partial charge in [-0.1, -0.05) is 0 Å². The van der Waals surface area contributed by atoms with E-state index in [1.165, 1.54) is 0 Å². The van der Waals surface area contributed by atoms with Gasteiger partial charge in [0.15, 0.2) is 0 Å². The lowest BCUT2D eigenvalue weighted by Crippen LogP contribution is -2.21. The molecule has 1 aliphatic heterocycles. The maximum atomic E-state index is 5.33. The Hall–Kier alpha value is -0.860. The SMILES string of the molecule is CCOC1=CN(C)CN1C. The molecule has 0 aromatic carbocycles. The van der Waals surface area contributed by atoms with Crippen molar-refractivity contribution in [1.82, 2.24) is 9.80 Å². The molecule has 0 saturated carbocycles. The fourth-order valence-electron chi connectivity index (χ4n) is 1.03. The van der Waals surface area contributed by atoms with Crippen molar-refractivity contribution < 1.29 is 4.74 Å². The van der Waals surface area contributed by atoms with Crippen molar-refractivity contribution in [2.24, 2.45) is 0 Å². The topological polar surface area (TPSA) is 15.7 Å². The minimum atomic E-state index is 0.740. The molecule has 3 nitrogen and oxygen atoms in total. The van der Waals surface area contributed by atoms with Gasteiger partial charge in [0.25, 0.3) is 0 Å². The molecule has 0 aliphatic carbocycles. The molecule has 10 heavy (non-hydrogen) atoms. The van der Waals surface area contributed by atoms with Crippen LogP contribution >= 0.6 is 0 Å². The van der Waals surface area contributed by atoms with Crippen molar-refractivity contribution in [3.63, 3.8) is 0 Å². The highest BCUT2D eigenvalue weighted by molar-refractivity contribution is 4.96. The van der Waals surface area contributed by atoms with E-state index in [1.807, 2.05) is 27.2 Å². The summed E-state index contributed by atoms with van der Waals surface area (Å²) in [6, 6.07) is 0. The molecule has 1 rings (SSSR count). The molecule has 3 heteroatoms. The van der Waals surface area contributed by atoms with Gasteiger partial charge in [-0.3, -0.25) is 0 Å². The predicted octanol–water partition coefficient (Wildman–Crippen LogP) is 0.657. The van der Waals surface area contributed by atoms with Crippen molar-refractivity contribution in [3.05, 3.63) is 12.1 Å². The molecule has 0 N–H and O–H groups in total. The molecule has 1 heterocycles. The van der Waals surface area contributed by atoms with Crippen molar-refractivity contribution in [2.75, 3.05) is 27.4 Å². The molecular weight excluding hydrogens is 128 g/mol. The summed E-state index contributed by atoms with van der Waals surface area (Å²) in [4.78, 5) is 4.16. The molecule has 0 spiro atoms. The van der Waals surface area contributed by atoms with Crippen LogP contribution in [0.15, 0.2) is 12.1 Å². The Balaban J connectivity index is 2.48. The molecule has 0 saturated heterocycles. The Morgan fingerprint density at radius 1 is 1.60 bits per heavy atom. The molecule has 58 valence electrons. The van der Waals surface area contributed by atoms with Crippen LogP contribution in [-0.4, -0.2) is 37.2 Å². The van der Waals surface area contributed by atoms with Gasteiger partial charge in [-0.05, 0) is 6.92 Å². The number of hydrogen-bond acceptors (Lipinski definition) is 3. The molecule has 0 fully saturated rings. The van der Waals surface area contributed by atoms with Gasteiger partial charge in [0, 0.05) is 14.1 Å². The largest absolute Gasteiger partial charge is 0.478 e. The van der Waals surface area contributed by atoms with Crippen LogP contribution in [0.3, 0.4) is 0 Å². The summed E-state index contributed by atoms with van der Waals surface area (Å²) in [6.07, 6.45) is 2.00. The Labute approximate surface area is 61.9 Å². The third kappa shape index (κ3) is 1.35. The van der Waals surface area contributed by atoms with E-state index >= 15 is 0 Å². The van der Waals surface area contributed by atoms with Gasteiger partial charge >= 0.3 is 0 Å². The zero-order valence-corrected chi connectivity index (χ0v) is 6.79. The first kappa shape index (κ1) is 7.25. The van der Waals surface area contributed by atoms with Crippen LogP contribution in [0.25, 0.3) is 0 Å². The first-order valence-electron chi connectivity index (χ1n) is 3.50. The van der Waals surface area contributed by atoms with Crippen LogP contribution in [0, 0.1) is 0 Å². The number of hydrogen-bond donors (Lipinski definition) is 0. The van der Waals surface area contributed by atoms with Gasteiger partial charge in [-0.15, -0.1) is 0 Å². The molecular formula is C7H14N2O. The van der Waals surface area contributed by atoms with E-state index in [0.29, 0.717) is 0 Å². The maximum absolute atomic E-state index is 5.33. The van der Waals surface area contributed by atoms with E-state index in [-0.39, 0.29) is 0 Å². The van der Waals surface area contributed by atoms with Gasteiger partial charge in [-0.25, -0.2) is 0 Å². The Bertz CT molecular complexity index is 145. The minimum absolute atomic E-state index is 0.740. The van der Waals surface area contributed by atoms with Crippen LogP contribution in [0.1, 0.15) is 6.92 Å². The third-order valence-electron chi connectivity index (χ3n) is 1.43. The lowest BCUT2D eigenvalue weighted by Gasteiger charge is -2.15. The second-order valence-electron chi connectivity index (χ2n) is 2.50.